The van der Waals surface area contributed by atoms with Gasteiger partial charge >= 0.3 is 0 Å². The minimum Gasteiger partial charge on any atom is -0.341 e. The van der Waals surface area contributed by atoms with Crippen molar-refractivity contribution in [1.82, 2.24) is 5.32 Å². The average Bonchev–Trinajstić information content (AvgIpc) is 2.77. The molecule has 0 spiro atoms. The maximum Gasteiger partial charge on any atom is 0.251 e. The molecule has 2 N–H and O–H groups in total. The van der Waals surface area contributed by atoms with Crippen LogP contribution in [-0.2, 0) is 22.4 Å². The zero-order valence-corrected chi connectivity index (χ0v) is 16.6. The van der Waals surface area contributed by atoms with E-state index in [0.717, 1.165) is 17.5 Å². The topological polar surface area (TPSA) is 58.2 Å². The number of rotatable bonds is 8. The van der Waals surface area contributed by atoms with Crippen LogP contribution in [0.25, 0.3) is 0 Å². The Morgan fingerprint density at radius 3 is 2.00 bits per heavy atom. The van der Waals surface area contributed by atoms with Gasteiger partial charge in [0.15, 0.2) is 0 Å². The molecule has 4 heteroatoms. The van der Waals surface area contributed by atoms with Gasteiger partial charge in [-0.3, -0.25) is 9.59 Å². The van der Waals surface area contributed by atoms with Crippen LogP contribution in [-0.4, -0.2) is 11.8 Å². The van der Waals surface area contributed by atoms with Crippen molar-refractivity contribution in [3.63, 3.8) is 0 Å². The van der Waals surface area contributed by atoms with Gasteiger partial charge < -0.3 is 10.6 Å². The van der Waals surface area contributed by atoms with E-state index in [1.54, 1.807) is 0 Å². The zero-order valence-electron chi connectivity index (χ0n) is 16.6. The highest BCUT2D eigenvalue weighted by molar-refractivity contribution is 5.97. The highest BCUT2D eigenvalue weighted by Gasteiger charge is 2.22. The molecule has 0 aliphatic carbocycles. The summed E-state index contributed by atoms with van der Waals surface area (Å²) in [7, 11) is 0. The van der Waals surface area contributed by atoms with E-state index in [4.69, 9.17) is 0 Å². The van der Waals surface area contributed by atoms with Crippen molar-refractivity contribution in [1.29, 1.82) is 0 Å². The van der Waals surface area contributed by atoms with Crippen LogP contribution in [0.1, 0.15) is 36.1 Å². The van der Waals surface area contributed by atoms with E-state index in [9.17, 15) is 9.59 Å². The lowest BCUT2D eigenvalue weighted by molar-refractivity contribution is -0.126. The average molecular weight is 386 g/mol. The lowest BCUT2D eigenvalue weighted by atomic mass is 10.0. The predicted octanol–water partition coefficient (Wildman–Crippen LogP) is 4.68. The molecule has 29 heavy (non-hydrogen) atoms. The third-order valence-electron chi connectivity index (χ3n) is 4.81. The fraction of sp³-hybridized carbons (Fsp3) is 0.200. The third kappa shape index (κ3) is 6.04. The van der Waals surface area contributed by atoms with Gasteiger partial charge in [-0.1, -0.05) is 79.7 Å². The second-order valence-electron chi connectivity index (χ2n) is 6.94. The van der Waals surface area contributed by atoms with Crippen molar-refractivity contribution in [2.75, 3.05) is 5.32 Å². The summed E-state index contributed by atoms with van der Waals surface area (Å²) in [6, 6.07) is 26.1. The number of hydrogen-bond acceptors (Lipinski definition) is 2. The van der Waals surface area contributed by atoms with Crippen molar-refractivity contribution >= 4 is 17.5 Å². The summed E-state index contributed by atoms with van der Waals surface area (Å²) in [5.74, 6) is -0.412. The smallest absolute Gasteiger partial charge is 0.251 e. The summed E-state index contributed by atoms with van der Waals surface area (Å²) in [4.78, 5) is 25.5. The first-order chi connectivity index (χ1) is 14.2. The van der Waals surface area contributed by atoms with Crippen LogP contribution in [0, 0.1) is 0 Å². The molecule has 1 atom stereocenters. The number of anilines is 1. The first-order valence-electron chi connectivity index (χ1n) is 9.93. The third-order valence-corrected chi connectivity index (χ3v) is 4.81. The van der Waals surface area contributed by atoms with Gasteiger partial charge in [-0.25, -0.2) is 0 Å². The van der Waals surface area contributed by atoms with Crippen LogP contribution in [0.4, 0.5) is 5.69 Å². The van der Waals surface area contributed by atoms with E-state index in [0.29, 0.717) is 18.5 Å². The number of amides is 2. The molecule has 1 unspecified atom stereocenters. The first-order valence-corrected chi connectivity index (χ1v) is 9.93. The van der Waals surface area contributed by atoms with Crippen LogP contribution in [0.3, 0.4) is 0 Å². The number of carbonyl (C=O) groups excluding carboxylic acids is 2. The number of hydrogen-bond donors (Lipinski definition) is 2. The van der Waals surface area contributed by atoms with Crippen molar-refractivity contribution in [2.24, 2.45) is 0 Å². The minimum absolute atomic E-state index is 0.151. The van der Waals surface area contributed by atoms with Crippen LogP contribution >= 0.6 is 0 Å². The molecule has 0 bridgehead atoms. The standard InChI is InChI=1S/C25H26N2O2/c1-2-19-13-15-20(16-14-19)17-18-23(28)27-24(21-9-5-3-6-10-21)25(29)26-22-11-7-4-8-12-22/h3-16,24H,2,17-18H2,1H3,(H,26,29)(H,27,28). The van der Waals surface area contributed by atoms with E-state index in [2.05, 4.69) is 41.8 Å². The molecule has 3 rings (SSSR count). The van der Waals surface area contributed by atoms with Gasteiger partial charge in [0.25, 0.3) is 5.91 Å². The maximum absolute atomic E-state index is 12.9. The minimum atomic E-state index is -0.744. The molecule has 0 aromatic heterocycles. The predicted molar refractivity (Wildman–Crippen MR) is 117 cm³/mol. The molecule has 3 aromatic carbocycles. The number of benzene rings is 3. The van der Waals surface area contributed by atoms with Gasteiger partial charge in [-0.2, -0.15) is 0 Å². The van der Waals surface area contributed by atoms with Crippen LogP contribution in [0.15, 0.2) is 84.9 Å². The number of para-hydroxylation sites is 1. The highest BCUT2D eigenvalue weighted by atomic mass is 16.2. The molecule has 0 radical (unpaired) electrons. The van der Waals surface area contributed by atoms with E-state index in [-0.39, 0.29) is 11.8 Å². The van der Waals surface area contributed by atoms with E-state index < -0.39 is 6.04 Å². The quantitative estimate of drug-likeness (QED) is 0.591. The van der Waals surface area contributed by atoms with Gasteiger partial charge in [-0.05, 0) is 41.7 Å². The molecule has 0 heterocycles. The molecule has 4 nitrogen and oxygen atoms in total. The Kier molecular flexibility index (Phi) is 7.17. The van der Waals surface area contributed by atoms with Crippen molar-refractivity contribution in [3.8, 4) is 0 Å². The largest absolute Gasteiger partial charge is 0.341 e. The molecule has 2 amide bonds. The molecular formula is C25H26N2O2. The van der Waals surface area contributed by atoms with Gasteiger partial charge in [0.2, 0.25) is 5.91 Å². The molecule has 0 fully saturated rings. The fourth-order valence-corrected chi connectivity index (χ4v) is 3.11. The van der Waals surface area contributed by atoms with Gasteiger partial charge in [0, 0.05) is 12.1 Å². The Morgan fingerprint density at radius 2 is 1.38 bits per heavy atom. The van der Waals surface area contributed by atoms with E-state index in [1.165, 1.54) is 5.56 Å². The van der Waals surface area contributed by atoms with Gasteiger partial charge in [0.1, 0.15) is 6.04 Å². The van der Waals surface area contributed by atoms with Crippen LogP contribution in [0.2, 0.25) is 0 Å². The normalized spacial score (nSPS) is 11.5. The van der Waals surface area contributed by atoms with E-state index in [1.807, 2.05) is 60.7 Å². The number of aryl methyl sites for hydroxylation is 2. The zero-order chi connectivity index (χ0) is 20.5. The summed E-state index contributed by atoms with van der Waals surface area (Å²) < 4.78 is 0. The molecular weight excluding hydrogens is 360 g/mol. The summed E-state index contributed by atoms with van der Waals surface area (Å²) in [6.07, 6.45) is 1.96. The lowest BCUT2D eigenvalue weighted by Crippen LogP contribution is -2.37. The molecule has 0 aliphatic heterocycles. The Morgan fingerprint density at radius 1 is 0.793 bits per heavy atom. The summed E-state index contributed by atoms with van der Waals surface area (Å²) in [5.41, 5.74) is 3.84. The van der Waals surface area contributed by atoms with Crippen molar-refractivity contribution in [3.05, 3.63) is 102 Å². The van der Waals surface area contributed by atoms with Gasteiger partial charge in [0.05, 0.1) is 0 Å². The van der Waals surface area contributed by atoms with Crippen LogP contribution < -0.4 is 10.6 Å². The van der Waals surface area contributed by atoms with Crippen molar-refractivity contribution in [2.45, 2.75) is 32.2 Å². The van der Waals surface area contributed by atoms with Gasteiger partial charge in [-0.15, -0.1) is 0 Å². The summed E-state index contributed by atoms with van der Waals surface area (Å²) in [5, 5.41) is 5.77. The molecule has 0 aliphatic rings. The number of nitrogens with one attached hydrogen (secondary N) is 2. The molecule has 148 valence electrons. The van der Waals surface area contributed by atoms with Crippen LogP contribution in [0.5, 0.6) is 0 Å². The molecule has 3 aromatic rings. The Hall–Kier alpha value is -3.40. The SMILES string of the molecule is CCc1ccc(CCC(=O)NC(C(=O)Nc2ccccc2)c2ccccc2)cc1. The first kappa shape index (κ1) is 20.3. The monoisotopic (exact) mass is 386 g/mol. The molecule has 0 saturated carbocycles. The summed E-state index contributed by atoms with van der Waals surface area (Å²) >= 11 is 0. The Labute approximate surface area is 172 Å². The maximum atomic E-state index is 12.9. The Bertz CT molecular complexity index is 922. The van der Waals surface area contributed by atoms with Crippen molar-refractivity contribution < 1.29 is 9.59 Å². The second kappa shape index (κ2) is 10.2. The molecule has 0 saturated heterocycles. The highest BCUT2D eigenvalue weighted by Crippen LogP contribution is 2.17. The van der Waals surface area contributed by atoms with E-state index >= 15 is 0 Å². The summed E-state index contributed by atoms with van der Waals surface area (Å²) in [6.45, 7) is 2.12. The fourth-order valence-electron chi connectivity index (χ4n) is 3.11. The lowest BCUT2D eigenvalue weighted by Gasteiger charge is -2.19. The Balaban J connectivity index is 1.65. The second-order valence-corrected chi connectivity index (χ2v) is 6.94. The number of carbonyl (C=O) groups is 2.